The molecule has 0 radical (unpaired) electrons. The lowest BCUT2D eigenvalue weighted by molar-refractivity contribution is 0.0525. The van der Waals surface area contributed by atoms with Crippen molar-refractivity contribution in [2.45, 2.75) is 59.5 Å². The van der Waals surface area contributed by atoms with Crippen molar-refractivity contribution in [3.8, 4) is 0 Å². The van der Waals surface area contributed by atoms with Gasteiger partial charge < -0.3 is 9.72 Å². The largest absolute Gasteiger partial charge is 0.462 e. The van der Waals surface area contributed by atoms with Gasteiger partial charge in [0, 0.05) is 18.7 Å². The number of Topliss-reactive ketones (excluding diaryl/α,β-unsaturated/α-hetero) is 1. The van der Waals surface area contributed by atoms with Gasteiger partial charge in [0.1, 0.15) is 12.4 Å². The highest BCUT2D eigenvalue weighted by Crippen LogP contribution is 2.20. The van der Waals surface area contributed by atoms with Gasteiger partial charge in [-0.1, -0.05) is 6.42 Å². The topological polar surface area (TPSA) is 99.0 Å². The quantitative estimate of drug-likeness (QED) is 0.647. The lowest BCUT2D eigenvalue weighted by atomic mass is 10.1. The van der Waals surface area contributed by atoms with Crippen LogP contribution in [0.2, 0.25) is 0 Å². The van der Waals surface area contributed by atoms with Crippen LogP contribution in [0.15, 0.2) is 4.79 Å². The number of ether oxygens (including phenoxy) is 1. The number of aromatic nitrogens is 4. The lowest BCUT2D eigenvalue weighted by Gasteiger charge is -2.03. The van der Waals surface area contributed by atoms with Crippen LogP contribution in [0.4, 0.5) is 0 Å². The van der Waals surface area contributed by atoms with E-state index in [4.69, 9.17) is 4.74 Å². The Hall–Kier alpha value is -2.64. The van der Waals surface area contributed by atoms with E-state index in [2.05, 4.69) is 10.1 Å². The number of nitrogens with one attached hydrogen (secondary N) is 1. The molecular weight excluding hydrogens is 336 g/mol. The van der Waals surface area contributed by atoms with Gasteiger partial charge in [-0.05, 0) is 39.2 Å². The number of nitrogens with zero attached hydrogens (tertiary/aromatic N) is 3. The van der Waals surface area contributed by atoms with E-state index in [1.165, 1.54) is 4.68 Å². The van der Waals surface area contributed by atoms with Gasteiger partial charge in [0.15, 0.2) is 0 Å². The molecule has 0 unspecified atom stereocenters. The average Bonchev–Trinajstić information content (AvgIpc) is 2.93. The number of esters is 1. The van der Waals surface area contributed by atoms with Crippen LogP contribution in [0.5, 0.6) is 0 Å². The first kappa shape index (κ1) is 18.2. The fraction of sp³-hybridized carbons (Fsp3) is 0.556. The Morgan fingerprint density at radius 3 is 2.73 bits per heavy atom. The molecule has 1 aliphatic rings. The monoisotopic (exact) mass is 360 g/mol. The average molecular weight is 360 g/mol. The molecule has 3 heterocycles. The molecule has 8 heteroatoms. The normalized spacial score (nSPS) is 14.0. The van der Waals surface area contributed by atoms with Crippen LogP contribution < -0.4 is 5.69 Å². The molecule has 0 saturated heterocycles. The summed E-state index contributed by atoms with van der Waals surface area (Å²) in [5, 5.41) is 4.34. The molecule has 26 heavy (non-hydrogen) atoms. The second-order valence-electron chi connectivity index (χ2n) is 6.59. The number of carbonyl (C=O) groups is 2. The predicted molar refractivity (Wildman–Crippen MR) is 94.6 cm³/mol. The molecule has 0 aliphatic carbocycles. The minimum atomic E-state index is -0.455. The number of rotatable bonds is 5. The van der Waals surface area contributed by atoms with Crippen LogP contribution in [0.1, 0.15) is 64.1 Å². The lowest BCUT2D eigenvalue weighted by Crippen LogP contribution is -2.28. The molecule has 0 aromatic carbocycles. The summed E-state index contributed by atoms with van der Waals surface area (Å²) >= 11 is 0. The van der Waals surface area contributed by atoms with Crippen molar-refractivity contribution in [1.29, 1.82) is 0 Å². The first-order valence-corrected chi connectivity index (χ1v) is 9.00. The fourth-order valence-electron chi connectivity index (χ4n) is 3.48. The van der Waals surface area contributed by atoms with Gasteiger partial charge in [0.25, 0.3) is 0 Å². The van der Waals surface area contributed by atoms with Crippen molar-refractivity contribution in [3.05, 3.63) is 38.8 Å². The van der Waals surface area contributed by atoms with E-state index in [1.807, 2.05) is 0 Å². The summed E-state index contributed by atoms with van der Waals surface area (Å²) in [5.41, 5.74) is 1.57. The summed E-state index contributed by atoms with van der Waals surface area (Å²) in [5.74, 6) is 0.00656. The minimum absolute atomic E-state index is 0.151. The molecule has 1 aliphatic heterocycles. The van der Waals surface area contributed by atoms with Gasteiger partial charge in [-0.2, -0.15) is 5.10 Å². The van der Waals surface area contributed by atoms with Crippen LogP contribution in [0.3, 0.4) is 0 Å². The van der Waals surface area contributed by atoms with Crippen molar-refractivity contribution in [1.82, 2.24) is 19.3 Å². The molecule has 2 aromatic heterocycles. The Kier molecular flexibility index (Phi) is 5.11. The number of hydrogen-bond donors (Lipinski definition) is 1. The fourth-order valence-corrected chi connectivity index (χ4v) is 3.48. The number of fused-ring (bicyclic) bond motifs is 1. The summed E-state index contributed by atoms with van der Waals surface area (Å²) in [7, 11) is 0. The van der Waals surface area contributed by atoms with Crippen LogP contribution in [-0.4, -0.2) is 37.7 Å². The van der Waals surface area contributed by atoms with Crippen molar-refractivity contribution in [2.75, 3.05) is 6.61 Å². The van der Waals surface area contributed by atoms with Gasteiger partial charge in [-0.25, -0.2) is 14.3 Å². The van der Waals surface area contributed by atoms with E-state index in [9.17, 15) is 14.4 Å². The summed E-state index contributed by atoms with van der Waals surface area (Å²) in [4.78, 5) is 40.3. The number of H-pyrrole nitrogens is 1. The molecule has 0 amide bonds. The van der Waals surface area contributed by atoms with E-state index in [-0.39, 0.29) is 24.6 Å². The molecule has 0 spiro atoms. The van der Waals surface area contributed by atoms with Crippen molar-refractivity contribution >= 4 is 11.8 Å². The summed E-state index contributed by atoms with van der Waals surface area (Å²) < 4.78 is 7.93. The molecule has 140 valence electrons. The third-order valence-corrected chi connectivity index (χ3v) is 4.77. The Labute approximate surface area is 151 Å². The van der Waals surface area contributed by atoms with Gasteiger partial charge >= 0.3 is 11.7 Å². The third kappa shape index (κ3) is 3.23. The maximum Gasteiger partial charge on any atom is 0.346 e. The number of aromatic amines is 1. The van der Waals surface area contributed by atoms with Crippen molar-refractivity contribution in [3.63, 3.8) is 0 Å². The van der Waals surface area contributed by atoms with E-state index in [0.717, 1.165) is 31.5 Å². The summed E-state index contributed by atoms with van der Waals surface area (Å²) in [6, 6.07) is 0. The zero-order valence-corrected chi connectivity index (χ0v) is 15.4. The van der Waals surface area contributed by atoms with Gasteiger partial charge in [0.05, 0.1) is 17.9 Å². The van der Waals surface area contributed by atoms with E-state index < -0.39 is 5.97 Å². The number of hydrogen-bond acceptors (Lipinski definition) is 5. The van der Waals surface area contributed by atoms with E-state index in [0.29, 0.717) is 29.1 Å². The Morgan fingerprint density at radius 1 is 1.23 bits per heavy atom. The van der Waals surface area contributed by atoms with Crippen LogP contribution in [-0.2, 0) is 24.2 Å². The summed E-state index contributed by atoms with van der Waals surface area (Å²) in [6.45, 7) is 5.92. The van der Waals surface area contributed by atoms with Gasteiger partial charge in [-0.15, -0.1) is 0 Å². The number of ketones is 1. The summed E-state index contributed by atoms with van der Waals surface area (Å²) in [6.07, 6.45) is 3.79. The first-order valence-electron chi connectivity index (χ1n) is 9.00. The number of carbonyl (C=O) groups excluding carboxylic acids is 2. The zero-order valence-electron chi connectivity index (χ0n) is 15.4. The van der Waals surface area contributed by atoms with Gasteiger partial charge in [0.2, 0.25) is 5.78 Å². The molecule has 0 atom stereocenters. The second-order valence-corrected chi connectivity index (χ2v) is 6.59. The van der Waals surface area contributed by atoms with Crippen molar-refractivity contribution < 1.29 is 14.3 Å². The van der Waals surface area contributed by atoms with Crippen LogP contribution >= 0.6 is 0 Å². The Morgan fingerprint density at radius 2 is 2.00 bits per heavy atom. The van der Waals surface area contributed by atoms with Crippen molar-refractivity contribution in [2.24, 2.45) is 0 Å². The molecule has 0 saturated carbocycles. The van der Waals surface area contributed by atoms with Crippen LogP contribution in [0.25, 0.3) is 0 Å². The Balaban J connectivity index is 1.87. The smallest absolute Gasteiger partial charge is 0.346 e. The highest BCUT2D eigenvalue weighted by molar-refractivity contribution is 6.01. The maximum absolute atomic E-state index is 12.7. The molecule has 8 nitrogen and oxygen atoms in total. The minimum Gasteiger partial charge on any atom is -0.462 e. The Bertz CT molecular complexity index is 903. The standard InChI is InChI=1S/C18H24N4O4/c1-4-26-17(24)15-11(2)16(19-12(15)3)13(23)10-22-18(25)21-9-7-5-6-8-14(21)20-22/h19H,4-10H2,1-3H3. The molecule has 2 aromatic rings. The second kappa shape index (κ2) is 7.31. The van der Waals surface area contributed by atoms with Crippen LogP contribution in [0, 0.1) is 13.8 Å². The predicted octanol–water partition coefficient (Wildman–Crippen LogP) is 1.78. The molecule has 1 N–H and O–H groups in total. The molecular formula is C18H24N4O4. The molecule has 3 rings (SSSR count). The highest BCUT2D eigenvalue weighted by Gasteiger charge is 2.24. The molecule has 0 fully saturated rings. The first-order chi connectivity index (χ1) is 12.4. The highest BCUT2D eigenvalue weighted by atomic mass is 16.5. The SMILES string of the molecule is CCOC(=O)c1c(C)[nH]c(C(=O)Cn2nc3n(c2=O)CCCCC3)c1C. The third-order valence-electron chi connectivity index (χ3n) is 4.77. The number of aryl methyl sites for hydroxylation is 2. The molecule has 0 bridgehead atoms. The van der Waals surface area contributed by atoms with E-state index >= 15 is 0 Å². The zero-order chi connectivity index (χ0) is 18.8. The van der Waals surface area contributed by atoms with E-state index in [1.54, 1.807) is 25.3 Å². The maximum atomic E-state index is 12.7. The van der Waals surface area contributed by atoms with Gasteiger partial charge in [-0.3, -0.25) is 9.36 Å².